The predicted octanol–water partition coefficient (Wildman–Crippen LogP) is 2.57. The molecular weight excluding hydrogens is 302 g/mol. The van der Waals surface area contributed by atoms with E-state index in [4.69, 9.17) is 4.42 Å². The van der Waals surface area contributed by atoms with Crippen molar-refractivity contribution in [3.05, 3.63) is 47.4 Å². The van der Waals surface area contributed by atoms with Crippen molar-refractivity contribution in [2.45, 2.75) is 6.92 Å². The highest BCUT2D eigenvalue weighted by Gasteiger charge is 2.10. The van der Waals surface area contributed by atoms with Gasteiger partial charge in [-0.15, -0.1) is 11.3 Å². The number of furan rings is 1. The molecule has 3 rings (SSSR count). The van der Waals surface area contributed by atoms with E-state index < -0.39 is 5.91 Å². The highest BCUT2D eigenvalue weighted by atomic mass is 32.1. The molecule has 0 aliphatic rings. The maximum absolute atomic E-state index is 11.9. The van der Waals surface area contributed by atoms with Crippen LogP contribution in [-0.2, 0) is 4.79 Å². The quantitative estimate of drug-likeness (QED) is 0.775. The number of carbonyl (C=O) groups is 2. The average molecular weight is 315 g/mol. The third kappa shape index (κ3) is 3.15. The molecule has 0 radical (unpaired) electrons. The van der Waals surface area contributed by atoms with Gasteiger partial charge in [0.25, 0.3) is 5.91 Å². The minimum absolute atomic E-state index is 0.126. The normalized spacial score (nSPS) is 10.6. The lowest BCUT2D eigenvalue weighted by molar-refractivity contribution is -0.115. The molecule has 0 bridgehead atoms. The van der Waals surface area contributed by atoms with Crippen molar-refractivity contribution < 1.29 is 14.0 Å². The Balaban J connectivity index is 1.59. The maximum atomic E-state index is 11.9. The summed E-state index contributed by atoms with van der Waals surface area (Å²) in [5, 5.41) is 6.21. The SMILES string of the molecule is Cc1nc2ccc(NC(=O)CNC(=O)c3ccco3)cc2s1. The Hall–Kier alpha value is -2.67. The maximum Gasteiger partial charge on any atom is 0.287 e. The highest BCUT2D eigenvalue weighted by Crippen LogP contribution is 2.24. The second-order valence-electron chi connectivity index (χ2n) is 4.62. The number of amides is 2. The molecule has 2 aromatic heterocycles. The Morgan fingerprint density at radius 2 is 2.18 bits per heavy atom. The minimum atomic E-state index is -0.423. The fourth-order valence-corrected chi connectivity index (χ4v) is 2.84. The van der Waals surface area contributed by atoms with Gasteiger partial charge in [0.05, 0.1) is 28.0 Å². The average Bonchev–Trinajstić information content (AvgIpc) is 3.12. The Morgan fingerprint density at radius 1 is 1.32 bits per heavy atom. The van der Waals surface area contributed by atoms with Gasteiger partial charge in [0.2, 0.25) is 5.91 Å². The number of hydrogen-bond donors (Lipinski definition) is 2. The number of fused-ring (bicyclic) bond motifs is 1. The highest BCUT2D eigenvalue weighted by molar-refractivity contribution is 7.18. The molecule has 2 N–H and O–H groups in total. The summed E-state index contributed by atoms with van der Waals surface area (Å²) in [6.45, 7) is 1.81. The molecule has 22 heavy (non-hydrogen) atoms. The van der Waals surface area contributed by atoms with Crippen LogP contribution in [-0.4, -0.2) is 23.3 Å². The number of nitrogens with one attached hydrogen (secondary N) is 2. The fourth-order valence-electron chi connectivity index (χ4n) is 1.98. The van der Waals surface area contributed by atoms with Crippen molar-refractivity contribution in [2.24, 2.45) is 0 Å². The third-order valence-electron chi connectivity index (χ3n) is 2.93. The monoisotopic (exact) mass is 315 g/mol. The standard InChI is InChI=1S/C15H13N3O3S/c1-9-17-11-5-4-10(7-13(11)22-9)18-14(19)8-16-15(20)12-3-2-6-21-12/h2-7H,8H2,1H3,(H,16,20)(H,18,19). The van der Waals surface area contributed by atoms with Gasteiger partial charge in [0.15, 0.2) is 5.76 Å². The summed E-state index contributed by atoms with van der Waals surface area (Å²) < 4.78 is 5.96. The largest absolute Gasteiger partial charge is 0.459 e. The van der Waals surface area contributed by atoms with Gasteiger partial charge < -0.3 is 15.1 Å². The summed E-state index contributed by atoms with van der Waals surface area (Å²) in [7, 11) is 0. The summed E-state index contributed by atoms with van der Waals surface area (Å²) in [5.41, 5.74) is 1.58. The number of carbonyl (C=O) groups excluding carboxylic acids is 2. The van der Waals surface area contributed by atoms with E-state index in [2.05, 4.69) is 15.6 Å². The Bertz CT molecular complexity index is 824. The second kappa shape index (κ2) is 5.98. The molecule has 6 nitrogen and oxygen atoms in total. The number of aryl methyl sites for hydroxylation is 1. The molecule has 0 fully saturated rings. The van der Waals surface area contributed by atoms with Crippen LogP contribution in [0.1, 0.15) is 15.6 Å². The molecule has 0 aliphatic carbocycles. The van der Waals surface area contributed by atoms with Gasteiger partial charge >= 0.3 is 0 Å². The van der Waals surface area contributed by atoms with E-state index in [0.29, 0.717) is 5.69 Å². The molecule has 0 unspecified atom stereocenters. The first-order valence-corrected chi connectivity index (χ1v) is 7.42. The zero-order chi connectivity index (χ0) is 15.5. The summed E-state index contributed by atoms with van der Waals surface area (Å²) in [6.07, 6.45) is 1.40. The fraction of sp³-hybridized carbons (Fsp3) is 0.133. The molecule has 3 aromatic rings. The van der Waals surface area contributed by atoms with Crippen LogP contribution >= 0.6 is 11.3 Å². The molecule has 0 spiro atoms. The molecule has 1 aromatic carbocycles. The van der Waals surface area contributed by atoms with Crippen LogP contribution in [0.25, 0.3) is 10.2 Å². The van der Waals surface area contributed by atoms with Crippen LogP contribution in [0.4, 0.5) is 5.69 Å². The van der Waals surface area contributed by atoms with Gasteiger partial charge in [-0.3, -0.25) is 9.59 Å². The van der Waals surface area contributed by atoms with E-state index in [1.54, 1.807) is 23.5 Å². The first-order valence-electron chi connectivity index (χ1n) is 6.60. The van der Waals surface area contributed by atoms with Gasteiger partial charge in [-0.05, 0) is 37.3 Å². The lowest BCUT2D eigenvalue weighted by Gasteiger charge is -2.06. The van der Waals surface area contributed by atoms with Crippen molar-refractivity contribution in [2.75, 3.05) is 11.9 Å². The van der Waals surface area contributed by atoms with Crippen molar-refractivity contribution in [3.8, 4) is 0 Å². The summed E-state index contributed by atoms with van der Waals surface area (Å²) in [6, 6.07) is 8.66. The zero-order valence-corrected chi connectivity index (χ0v) is 12.6. The molecule has 2 amide bonds. The Morgan fingerprint density at radius 3 is 2.95 bits per heavy atom. The lowest BCUT2D eigenvalue weighted by atomic mass is 10.3. The first kappa shape index (κ1) is 14.3. The van der Waals surface area contributed by atoms with Crippen LogP contribution in [0, 0.1) is 6.92 Å². The number of rotatable bonds is 4. The number of nitrogens with zero attached hydrogens (tertiary/aromatic N) is 1. The van der Waals surface area contributed by atoms with E-state index in [1.165, 1.54) is 12.3 Å². The number of anilines is 1. The number of benzene rings is 1. The molecule has 7 heteroatoms. The molecule has 0 atom stereocenters. The van der Waals surface area contributed by atoms with Gasteiger partial charge in [-0.1, -0.05) is 0 Å². The van der Waals surface area contributed by atoms with E-state index in [9.17, 15) is 9.59 Å². The number of thiazole rings is 1. The van der Waals surface area contributed by atoms with Crippen molar-refractivity contribution in [1.29, 1.82) is 0 Å². The van der Waals surface area contributed by atoms with Gasteiger partial charge in [0.1, 0.15) is 0 Å². The van der Waals surface area contributed by atoms with E-state index in [-0.39, 0.29) is 18.2 Å². The molecular formula is C15H13N3O3S. The van der Waals surface area contributed by atoms with Crippen LogP contribution in [0.5, 0.6) is 0 Å². The topological polar surface area (TPSA) is 84.2 Å². The van der Waals surface area contributed by atoms with Crippen LogP contribution < -0.4 is 10.6 Å². The van der Waals surface area contributed by atoms with E-state index in [1.807, 2.05) is 19.1 Å². The van der Waals surface area contributed by atoms with E-state index >= 15 is 0 Å². The Labute approximate surface area is 130 Å². The van der Waals surface area contributed by atoms with Crippen LogP contribution in [0.2, 0.25) is 0 Å². The summed E-state index contributed by atoms with van der Waals surface area (Å²) in [4.78, 5) is 27.9. The minimum Gasteiger partial charge on any atom is -0.459 e. The summed E-state index contributed by atoms with van der Waals surface area (Å²) >= 11 is 1.57. The Kier molecular flexibility index (Phi) is 3.88. The first-order chi connectivity index (χ1) is 10.6. The van der Waals surface area contributed by atoms with Crippen LogP contribution in [0.3, 0.4) is 0 Å². The molecule has 112 valence electrons. The molecule has 0 aliphatic heterocycles. The van der Waals surface area contributed by atoms with Crippen molar-refractivity contribution >= 4 is 39.1 Å². The van der Waals surface area contributed by atoms with Crippen molar-refractivity contribution in [3.63, 3.8) is 0 Å². The summed E-state index contributed by atoms with van der Waals surface area (Å²) in [5.74, 6) is -0.552. The molecule has 0 saturated heterocycles. The van der Waals surface area contributed by atoms with Crippen molar-refractivity contribution in [1.82, 2.24) is 10.3 Å². The zero-order valence-electron chi connectivity index (χ0n) is 11.8. The van der Waals surface area contributed by atoms with Gasteiger partial charge in [-0.2, -0.15) is 0 Å². The third-order valence-corrected chi connectivity index (χ3v) is 3.87. The molecule has 2 heterocycles. The smallest absolute Gasteiger partial charge is 0.287 e. The number of aromatic nitrogens is 1. The van der Waals surface area contributed by atoms with Gasteiger partial charge in [0, 0.05) is 5.69 Å². The lowest BCUT2D eigenvalue weighted by Crippen LogP contribution is -2.32. The second-order valence-corrected chi connectivity index (χ2v) is 5.86. The van der Waals surface area contributed by atoms with E-state index in [0.717, 1.165) is 15.2 Å². The van der Waals surface area contributed by atoms with Crippen LogP contribution in [0.15, 0.2) is 41.0 Å². The van der Waals surface area contributed by atoms with Gasteiger partial charge in [-0.25, -0.2) is 4.98 Å². The predicted molar refractivity (Wildman–Crippen MR) is 84.0 cm³/mol. The molecule has 0 saturated carbocycles. The number of hydrogen-bond acceptors (Lipinski definition) is 5.